The van der Waals surface area contributed by atoms with Gasteiger partial charge in [-0.1, -0.05) is 18.2 Å². The molecule has 1 aliphatic carbocycles. The summed E-state index contributed by atoms with van der Waals surface area (Å²) in [6, 6.07) is 9.64. The summed E-state index contributed by atoms with van der Waals surface area (Å²) < 4.78 is 5.55. The van der Waals surface area contributed by atoms with E-state index in [0.29, 0.717) is 13.2 Å². The topological polar surface area (TPSA) is 58.6 Å². The van der Waals surface area contributed by atoms with Crippen molar-refractivity contribution in [3.8, 4) is 5.75 Å². The van der Waals surface area contributed by atoms with Crippen molar-refractivity contribution in [2.45, 2.75) is 31.2 Å². The summed E-state index contributed by atoms with van der Waals surface area (Å²) in [6.07, 6.45) is 3.29. The largest absolute Gasteiger partial charge is 0.494 e. The van der Waals surface area contributed by atoms with Gasteiger partial charge in [-0.05, 0) is 44.4 Å². The molecule has 1 aromatic rings. The zero-order chi connectivity index (χ0) is 12.8. The predicted octanol–water partition coefficient (Wildman–Crippen LogP) is 2.05. The molecule has 18 heavy (non-hydrogen) atoms. The van der Waals surface area contributed by atoms with Crippen molar-refractivity contribution in [3.63, 3.8) is 0 Å². The highest BCUT2D eigenvalue weighted by Gasteiger charge is 2.43. The molecule has 0 saturated heterocycles. The molecule has 4 heteroatoms. The number of hydrogen-bond donors (Lipinski definition) is 2. The first-order valence-electron chi connectivity index (χ1n) is 6.39. The van der Waals surface area contributed by atoms with Gasteiger partial charge in [-0.15, -0.1) is 0 Å². The number of nitrogens with one attached hydrogen (secondary N) is 1. The molecule has 0 spiro atoms. The summed E-state index contributed by atoms with van der Waals surface area (Å²) in [5, 5.41) is 12.3. The van der Waals surface area contributed by atoms with Crippen molar-refractivity contribution in [1.29, 1.82) is 0 Å². The molecular formula is C14H19NO3. The Balaban J connectivity index is 1.63. The second-order valence-electron chi connectivity index (χ2n) is 4.68. The quantitative estimate of drug-likeness (QED) is 0.726. The third kappa shape index (κ3) is 3.01. The maximum Gasteiger partial charge on any atom is 0.323 e. The van der Waals surface area contributed by atoms with Gasteiger partial charge in [0.2, 0.25) is 0 Å². The minimum absolute atomic E-state index is 0.604. The van der Waals surface area contributed by atoms with E-state index in [0.717, 1.165) is 31.4 Å². The minimum atomic E-state index is -0.724. The van der Waals surface area contributed by atoms with Crippen LogP contribution in [0.4, 0.5) is 0 Å². The van der Waals surface area contributed by atoms with E-state index in [1.165, 1.54) is 0 Å². The third-order valence-corrected chi connectivity index (χ3v) is 3.41. The summed E-state index contributed by atoms with van der Waals surface area (Å²) in [7, 11) is 0. The lowest BCUT2D eigenvalue weighted by Gasteiger charge is -2.38. The fourth-order valence-electron chi connectivity index (χ4n) is 2.10. The molecule has 2 rings (SSSR count). The second-order valence-corrected chi connectivity index (χ2v) is 4.68. The average Bonchev–Trinajstić information content (AvgIpc) is 2.32. The molecular weight excluding hydrogens is 230 g/mol. The van der Waals surface area contributed by atoms with E-state index in [2.05, 4.69) is 5.32 Å². The van der Waals surface area contributed by atoms with E-state index in [4.69, 9.17) is 9.84 Å². The van der Waals surface area contributed by atoms with Gasteiger partial charge in [0.1, 0.15) is 11.3 Å². The standard InChI is InChI=1S/C14H19NO3/c16-13(17)14(8-4-9-14)15-10-5-11-18-12-6-2-1-3-7-12/h1-3,6-7,15H,4-5,8-11H2,(H,16,17). The van der Waals surface area contributed by atoms with Gasteiger partial charge in [0.15, 0.2) is 0 Å². The van der Waals surface area contributed by atoms with Crippen LogP contribution in [0.2, 0.25) is 0 Å². The van der Waals surface area contributed by atoms with Crippen LogP contribution < -0.4 is 10.1 Å². The van der Waals surface area contributed by atoms with E-state index in [9.17, 15) is 4.79 Å². The lowest BCUT2D eigenvalue weighted by Crippen LogP contribution is -2.57. The van der Waals surface area contributed by atoms with Gasteiger partial charge in [-0.3, -0.25) is 4.79 Å². The first kappa shape index (κ1) is 12.9. The Labute approximate surface area is 107 Å². The number of rotatable bonds is 7. The summed E-state index contributed by atoms with van der Waals surface area (Å²) in [6.45, 7) is 1.28. The van der Waals surface area contributed by atoms with E-state index >= 15 is 0 Å². The Hall–Kier alpha value is -1.55. The van der Waals surface area contributed by atoms with Crippen LogP contribution in [-0.4, -0.2) is 29.8 Å². The second kappa shape index (κ2) is 5.87. The predicted molar refractivity (Wildman–Crippen MR) is 68.8 cm³/mol. The minimum Gasteiger partial charge on any atom is -0.494 e. The molecule has 1 aromatic carbocycles. The lowest BCUT2D eigenvalue weighted by molar-refractivity contribution is -0.148. The van der Waals surface area contributed by atoms with Crippen LogP contribution in [0.3, 0.4) is 0 Å². The molecule has 0 aliphatic heterocycles. The molecule has 4 nitrogen and oxygen atoms in total. The maximum atomic E-state index is 11.1. The Morgan fingerprint density at radius 3 is 2.61 bits per heavy atom. The average molecular weight is 249 g/mol. The van der Waals surface area contributed by atoms with E-state index in [1.807, 2.05) is 30.3 Å². The van der Waals surface area contributed by atoms with Crippen LogP contribution in [0.5, 0.6) is 5.75 Å². The molecule has 98 valence electrons. The molecule has 0 unspecified atom stereocenters. The van der Waals surface area contributed by atoms with Crippen molar-refractivity contribution in [2.75, 3.05) is 13.2 Å². The summed E-state index contributed by atoms with van der Waals surface area (Å²) in [5.74, 6) is 0.131. The summed E-state index contributed by atoms with van der Waals surface area (Å²) >= 11 is 0. The Morgan fingerprint density at radius 2 is 2.06 bits per heavy atom. The number of hydrogen-bond acceptors (Lipinski definition) is 3. The number of carboxylic acids is 1. The van der Waals surface area contributed by atoms with Crippen molar-refractivity contribution in [2.24, 2.45) is 0 Å². The molecule has 0 atom stereocenters. The molecule has 0 bridgehead atoms. The number of benzene rings is 1. The monoisotopic (exact) mass is 249 g/mol. The van der Waals surface area contributed by atoms with Crippen LogP contribution in [0.15, 0.2) is 30.3 Å². The number of para-hydroxylation sites is 1. The zero-order valence-corrected chi connectivity index (χ0v) is 10.4. The fraction of sp³-hybridized carbons (Fsp3) is 0.500. The Morgan fingerprint density at radius 1 is 1.33 bits per heavy atom. The summed E-state index contributed by atoms with van der Waals surface area (Å²) in [4.78, 5) is 11.1. The van der Waals surface area contributed by atoms with Crippen molar-refractivity contribution in [3.05, 3.63) is 30.3 Å². The molecule has 1 aliphatic rings. The van der Waals surface area contributed by atoms with Crippen LogP contribution in [0.25, 0.3) is 0 Å². The van der Waals surface area contributed by atoms with E-state index in [-0.39, 0.29) is 0 Å². The smallest absolute Gasteiger partial charge is 0.323 e. The van der Waals surface area contributed by atoms with Crippen molar-refractivity contribution in [1.82, 2.24) is 5.32 Å². The van der Waals surface area contributed by atoms with Gasteiger partial charge in [-0.25, -0.2) is 0 Å². The number of aliphatic carboxylic acids is 1. The fourth-order valence-corrected chi connectivity index (χ4v) is 2.10. The van der Waals surface area contributed by atoms with Gasteiger partial charge in [-0.2, -0.15) is 0 Å². The van der Waals surface area contributed by atoms with Crippen LogP contribution >= 0.6 is 0 Å². The van der Waals surface area contributed by atoms with E-state index < -0.39 is 11.5 Å². The normalized spacial score (nSPS) is 16.9. The van der Waals surface area contributed by atoms with Gasteiger partial charge in [0.25, 0.3) is 0 Å². The molecule has 1 fully saturated rings. The number of ether oxygens (including phenoxy) is 1. The number of carbonyl (C=O) groups is 1. The van der Waals surface area contributed by atoms with Gasteiger partial charge in [0, 0.05) is 0 Å². The zero-order valence-electron chi connectivity index (χ0n) is 10.4. The van der Waals surface area contributed by atoms with Crippen LogP contribution in [-0.2, 0) is 4.79 Å². The molecule has 0 radical (unpaired) electrons. The highest BCUT2D eigenvalue weighted by Crippen LogP contribution is 2.31. The lowest BCUT2D eigenvalue weighted by atomic mass is 9.77. The van der Waals surface area contributed by atoms with Gasteiger partial charge >= 0.3 is 5.97 Å². The Bertz CT molecular complexity index is 387. The van der Waals surface area contributed by atoms with Crippen molar-refractivity contribution >= 4 is 5.97 Å². The van der Waals surface area contributed by atoms with Gasteiger partial charge in [0.05, 0.1) is 6.61 Å². The molecule has 0 aromatic heterocycles. The number of carboxylic acid groups (broad SMARTS) is 1. The first-order chi connectivity index (χ1) is 8.73. The highest BCUT2D eigenvalue weighted by atomic mass is 16.5. The SMILES string of the molecule is O=C(O)C1(NCCCOc2ccccc2)CCC1. The molecule has 0 heterocycles. The molecule has 1 saturated carbocycles. The third-order valence-electron chi connectivity index (χ3n) is 3.41. The van der Waals surface area contributed by atoms with Crippen LogP contribution in [0.1, 0.15) is 25.7 Å². The first-order valence-corrected chi connectivity index (χ1v) is 6.39. The van der Waals surface area contributed by atoms with Crippen molar-refractivity contribution < 1.29 is 14.6 Å². The molecule has 2 N–H and O–H groups in total. The maximum absolute atomic E-state index is 11.1. The van der Waals surface area contributed by atoms with Crippen LogP contribution in [0, 0.1) is 0 Å². The molecule has 0 amide bonds. The Kier molecular flexibility index (Phi) is 4.20. The highest BCUT2D eigenvalue weighted by molar-refractivity contribution is 5.79. The van der Waals surface area contributed by atoms with E-state index in [1.54, 1.807) is 0 Å². The summed E-state index contributed by atoms with van der Waals surface area (Å²) in [5.41, 5.74) is -0.660. The van der Waals surface area contributed by atoms with Gasteiger partial charge < -0.3 is 15.2 Å².